The molecule has 1 aromatic carbocycles. The Bertz CT molecular complexity index is 658. The normalized spacial score (nSPS) is 12.7. The molecule has 23 heavy (non-hydrogen) atoms. The molecule has 1 heterocycles. The van der Waals surface area contributed by atoms with Crippen LogP contribution in [0.15, 0.2) is 36.4 Å². The van der Waals surface area contributed by atoms with Gasteiger partial charge in [-0.1, -0.05) is 30.3 Å². The van der Waals surface area contributed by atoms with E-state index in [4.69, 9.17) is 0 Å². The van der Waals surface area contributed by atoms with Crippen LogP contribution in [0.4, 0.5) is 17.6 Å². The summed E-state index contributed by atoms with van der Waals surface area (Å²) in [6.07, 6.45) is -5.96. The van der Waals surface area contributed by atoms with Crippen LogP contribution in [0.25, 0.3) is 0 Å². The molecule has 0 fully saturated rings. The van der Waals surface area contributed by atoms with Crippen molar-refractivity contribution in [3.8, 4) is 0 Å². The fourth-order valence-electron chi connectivity index (χ4n) is 2.11. The van der Waals surface area contributed by atoms with Crippen molar-refractivity contribution < 1.29 is 22.4 Å². The molecule has 0 aliphatic carbocycles. The molecule has 2 aromatic rings. The first-order valence-corrected chi connectivity index (χ1v) is 6.86. The summed E-state index contributed by atoms with van der Waals surface area (Å²) in [6.45, 7) is 1.18. The summed E-state index contributed by atoms with van der Waals surface area (Å²) in [5.74, 6) is -0.591. The van der Waals surface area contributed by atoms with Gasteiger partial charge in [0.05, 0.1) is 6.04 Å². The average molecular weight is 329 g/mol. The highest BCUT2D eigenvalue weighted by molar-refractivity contribution is 5.76. The minimum atomic E-state index is -2.99. The van der Waals surface area contributed by atoms with E-state index in [1.807, 2.05) is 6.07 Å². The van der Waals surface area contributed by atoms with Crippen LogP contribution in [0.1, 0.15) is 42.8 Å². The Morgan fingerprint density at radius 2 is 1.83 bits per heavy atom. The number of carbonyl (C=O) groups excluding carboxylic acids is 1. The number of rotatable bonds is 6. The van der Waals surface area contributed by atoms with E-state index in [0.717, 1.165) is 5.56 Å². The van der Waals surface area contributed by atoms with Gasteiger partial charge in [-0.05, 0) is 18.6 Å². The second-order valence-corrected chi connectivity index (χ2v) is 4.95. The van der Waals surface area contributed by atoms with Crippen LogP contribution < -0.4 is 5.32 Å². The third-order valence-electron chi connectivity index (χ3n) is 3.25. The van der Waals surface area contributed by atoms with Gasteiger partial charge in [0, 0.05) is 0 Å². The summed E-state index contributed by atoms with van der Waals surface area (Å²) in [4.78, 5) is 11.9. The number of nitrogens with one attached hydrogen (secondary N) is 1. The molecule has 1 atom stereocenters. The Labute approximate surface area is 130 Å². The minimum Gasteiger partial charge on any atom is -0.348 e. The summed E-state index contributed by atoms with van der Waals surface area (Å²) in [5, 5.41) is 5.99. The number of halogens is 4. The molecule has 0 aliphatic rings. The first-order valence-electron chi connectivity index (χ1n) is 6.86. The molecular formula is C15H15F4N3O. The second kappa shape index (κ2) is 7.26. The second-order valence-electron chi connectivity index (χ2n) is 4.95. The van der Waals surface area contributed by atoms with Crippen molar-refractivity contribution in [1.82, 2.24) is 15.1 Å². The van der Waals surface area contributed by atoms with Crippen LogP contribution in [0.5, 0.6) is 0 Å². The van der Waals surface area contributed by atoms with E-state index in [0.29, 0.717) is 10.7 Å². The molecule has 1 unspecified atom stereocenters. The van der Waals surface area contributed by atoms with E-state index in [-0.39, 0.29) is 6.04 Å². The Hall–Kier alpha value is -2.38. The lowest BCUT2D eigenvalue weighted by molar-refractivity contribution is -0.122. The molecule has 2 rings (SSSR count). The molecule has 1 amide bonds. The van der Waals surface area contributed by atoms with Crippen molar-refractivity contribution in [3.63, 3.8) is 0 Å². The summed E-state index contributed by atoms with van der Waals surface area (Å²) in [5.41, 5.74) is -0.643. The van der Waals surface area contributed by atoms with Crippen molar-refractivity contribution in [2.75, 3.05) is 0 Å². The molecule has 4 nitrogen and oxygen atoms in total. The largest absolute Gasteiger partial charge is 0.348 e. The zero-order chi connectivity index (χ0) is 17.0. The smallest absolute Gasteiger partial charge is 0.282 e. The predicted molar refractivity (Wildman–Crippen MR) is 75.1 cm³/mol. The quantitative estimate of drug-likeness (QED) is 0.823. The molecule has 8 heteroatoms. The highest BCUT2D eigenvalue weighted by atomic mass is 19.3. The number of benzene rings is 1. The zero-order valence-corrected chi connectivity index (χ0v) is 12.2. The van der Waals surface area contributed by atoms with Crippen molar-refractivity contribution in [1.29, 1.82) is 0 Å². The van der Waals surface area contributed by atoms with Gasteiger partial charge < -0.3 is 5.32 Å². The van der Waals surface area contributed by atoms with Crippen LogP contribution in [0.3, 0.4) is 0 Å². The van der Waals surface area contributed by atoms with E-state index >= 15 is 0 Å². The van der Waals surface area contributed by atoms with Crippen molar-refractivity contribution in [2.24, 2.45) is 0 Å². The van der Waals surface area contributed by atoms with Crippen molar-refractivity contribution in [3.05, 3.63) is 53.3 Å². The molecule has 0 saturated heterocycles. The van der Waals surface area contributed by atoms with Crippen LogP contribution in [-0.2, 0) is 11.3 Å². The third kappa shape index (κ3) is 4.30. The third-order valence-corrected chi connectivity index (χ3v) is 3.25. The fourth-order valence-corrected chi connectivity index (χ4v) is 2.11. The molecule has 0 spiro atoms. The number of amides is 1. The maximum Gasteiger partial charge on any atom is 0.282 e. The van der Waals surface area contributed by atoms with Crippen LogP contribution in [-0.4, -0.2) is 15.7 Å². The lowest BCUT2D eigenvalue weighted by Crippen LogP contribution is -2.31. The Kier molecular flexibility index (Phi) is 5.36. The van der Waals surface area contributed by atoms with Gasteiger partial charge >= 0.3 is 0 Å². The highest BCUT2D eigenvalue weighted by Crippen LogP contribution is 2.25. The summed E-state index contributed by atoms with van der Waals surface area (Å²) in [6, 6.07) is 9.30. The van der Waals surface area contributed by atoms with E-state index < -0.39 is 36.7 Å². The predicted octanol–water partition coefficient (Wildman–Crippen LogP) is 3.64. The Morgan fingerprint density at radius 1 is 1.17 bits per heavy atom. The number of alkyl halides is 4. The molecule has 124 valence electrons. The Morgan fingerprint density at radius 3 is 2.39 bits per heavy atom. The first kappa shape index (κ1) is 17.0. The molecular weight excluding hydrogens is 314 g/mol. The monoisotopic (exact) mass is 329 g/mol. The Balaban J connectivity index is 2.08. The number of aromatic nitrogens is 2. The number of hydrogen-bond acceptors (Lipinski definition) is 2. The average Bonchev–Trinajstić information content (AvgIpc) is 2.92. The minimum absolute atomic E-state index is 0.344. The number of hydrogen-bond donors (Lipinski definition) is 1. The first-order chi connectivity index (χ1) is 10.9. The van der Waals surface area contributed by atoms with Gasteiger partial charge in [-0.2, -0.15) is 5.10 Å². The van der Waals surface area contributed by atoms with Gasteiger partial charge in [-0.3, -0.25) is 9.48 Å². The zero-order valence-electron chi connectivity index (χ0n) is 12.2. The van der Waals surface area contributed by atoms with Gasteiger partial charge in [0.2, 0.25) is 5.91 Å². The molecule has 0 radical (unpaired) electrons. The van der Waals surface area contributed by atoms with Gasteiger partial charge in [-0.15, -0.1) is 0 Å². The molecule has 0 aliphatic heterocycles. The van der Waals surface area contributed by atoms with Gasteiger partial charge in [0.1, 0.15) is 17.9 Å². The van der Waals surface area contributed by atoms with Crippen LogP contribution in [0.2, 0.25) is 0 Å². The lowest BCUT2D eigenvalue weighted by atomic mass is 10.1. The summed E-state index contributed by atoms with van der Waals surface area (Å²) < 4.78 is 51.4. The fraction of sp³-hybridized carbons (Fsp3) is 0.333. The van der Waals surface area contributed by atoms with E-state index in [9.17, 15) is 22.4 Å². The maximum atomic E-state index is 12.8. The molecule has 0 bridgehead atoms. The topological polar surface area (TPSA) is 46.9 Å². The summed E-state index contributed by atoms with van der Waals surface area (Å²) in [7, 11) is 0. The van der Waals surface area contributed by atoms with E-state index in [1.54, 1.807) is 31.2 Å². The number of carbonyl (C=O) groups is 1. The van der Waals surface area contributed by atoms with Gasteiger partial charge in [-0.25, -0.2) is 17.6 Å². The van der Waals surface area contributed by atoms with Gasteiger partial charge in [0.25, 0.3) is 12.9 Å². The van der Waals surface area contributed by atoms with Crippen LogP contribution >= 0.6 is 0 Å². The van der Waals surface area contributed by atoms with E-state index in [2.05, 4.69) is 10.4 Å². The number of nitrogens with zero attached hydrogens (tertiary/aromatic N) is 2. The molecule has 0 saturated carbocycles. The van der Waals surface area contributed by atoms with Gasteiger partial charge in [0.15, 0.2) is 0 Å². The van der Waals surface area contributed by atoms with E-state index in [1.165, 1.54) is 0 Å². The lowest BCUT2D eigenvalue weighted by Gasteiger charge is -2.15. The molecule has 1 aromatic heterocycles. The standard InChI is InChI=1S/C15H15F4N3O/c1-9(10-5-3-2-4-6-10)20-13(23)8-22-12(15(18)19)7-11(21-22)14(16)17/h2-7,9,14-15H,8H2,1H3,(H,20,23). The van der Waals surface area contributed by atoms with Crippen molar-refractivity contribution in [2.45, 2.75) is 32.4 Å². The van der Waals surface area contributed by atoms with Crippen LogP contribution in [0, 0.1) is 0 Å². The SMILES string of the molecule is CC(NC(=O)Cn1nc(C(F)F)cc1C(F)F)c1ccccc1. The molecule has 1 N–H and O–H groups in total. The highest BCUT2D eigenvalue weighted by Gasteiger charge is 2.22. The maximum absolute atomic E-state index is 12.8. The van der Waals surface area contributed by atoms with Crippen molar-refractivity contribution >= 4 is 5.91 Å². The summed E-state index contributed by atoms with van der Waals surface area (Å²) >= 11 is 0.